The van der Waals surface area contributed by atoms with Crippen molar-refractivity contribution in [1.82, 2.24) is 15.5 Å². The van der Waals surface area contributed by atoms with Crippen LogP contribution in [0.5, 0.6) is 0 Å². The van der Waals surface area contributed by atoms with E-state index in [-0.39, 0.29) is 17.7 Å². The summed E-state index contributed by atoms with van der Waals surface area (Å²) in [6.45, 7) is 8.21. The van der Waals surface area contributed by atoms with E-state index in [0.717, 1.165) is 12.8 Å². The first-order valence-electron chi connectivity index (χ1n) is 11.6. The molecule has 4 unspecified atom stereocenters. The fourth-order valence-corrected chi connectivity index (χ4v) is 3.89. The maximum Gasteiger partial charge on any atom is 0.326 e. The van der Waals surface area contributed by atoms with Crippen molar-refractivity contribution in [2.75, 3.05) is 13.1 Å². The highest BCUT2D eigenvalue weighted by Gasteiger charge is 2.38. The minimum Gasteiger partial charge on any atom is -0.480 e. The predicted molar refractivity (Wildman–Crippen MR) is 121 cm³/mol. The number of nitrogens with zero attached hydrogens (tertiary/aromatic N) is 1. The SMILES string of the molecule is CC(C)CC(NC(=O)C1CCCN1C(=O)C(N)CCCCN)C(=O)NC(C(=O)O)C(C)C. The molecule has 0 aliphatic carbocycles. The van der Waals surface area contributed by atoms with Gasteiger partial charge < -0.3 is 32.1 Å². The molecule has 0 spiro atoms. The summed E-state index contributed by atoms with van der Waals surface area (Å²) >= 11 is 0. The molecule has 0 bridgehead atoms. The molecule has 0 aromatic rings. The number of carboxylic acids is 1. The molecule has 0 aromatic heterocycles. The van der Waals surface area contributed by atoms with Crippen LogP contribution >= 0.6 is 0 Å². The van der Waals surface area contributed by atoms with Crippen molar-refractivity contribution >= 4 is 23.7 Å². The zero-order chi connectivity index (χ0) is 24.4. The third-order valence-corrected chi connectivity index (χ3v) is 5.70. The number of nitrogens with two attached hydrogens (primary N) is 2. The summed E-state index contributed by atoms with van der Waals surface area (Å²) in [7, 11) is 0. The molecule has 1 rings (SSSR count). The number of hydrogen-bond acceptors (Lipinski definition) is 6. The predicted octanol–water partition coefficient (Wildman–Crippen LogP) is 0.190. The molecule has 0 saturated carbocycles. The lowest BCUT2D eigenvalue weighted by molar-refractivity contribution is -0.144. The van der Waals surface area contributed by atoms with E-state index in [4.69, 9.17) is 11.5 Å². The fourth-order valence-electron chi connectivity index (χ4n) is 3.89. The van der Waals surface area contributed by atoms with Crippen LogP contribution in [0.3, 0.4) is 0 Å². The number of likely N-dealkylation sites (tertiary alicyclic amines) is 1. The Balaban J connectivity index is 2.86. The van der Waals surface area contributed by atoms with Crippen LogP contribution < -0.4 is 22.1 Å². The maximum absolute atomic E-state index is 13.0. The van der Waals surface area contributed by atoms with Crippen LogP contribution in [0, 0.1) is 11.8 Å². The molecule has 184 valence electrons. The van der Waals surface area contributed by atoms with Crippen molar-refractivity contribution < 1.29 is 24.3 Å². The Morgan fingerprint density at radius 3 is 2.28 bits per heavy atom. The zero-order valence-electron chi connectivity index (χ0n) is 19.8. The molecule has 1 heterocycles. The Hall–Kier alpha value is -2.20. The zero-order valence-corrected chi connectivity index (χ0v) is 19.8. The van der Waals surface area contributed by atoms with Gasteiger partial charge in [0.15, 0.2) is 0 Å². The molecule has 32 heavy (non-hydrogen) atoms. The number of unbranched alkanes of at least 4 members (excludes halogenated alkanes) is 1. The van der Waals surface area contributed by atoms with Gasteiger partial charge >= 0.3 is 5.97 Å². The number of carbonyl (C=O) groups excluding carboxylic acids is 3. The maximum atomic E-state index is 13.0. The number of rotatable bonds is 13. The number of carboxylic acid groups (broad SMARTS) is 1. The first-order valence-corrected chi connectivity index (χ1v) is 11.6. The largest absolute Gasteiger partial charge is 0.480 e. The lowest BCUT2D eigenvalue weighted by atomic mass is 10.00. The molecule has 1 fully saturated rings. The molecular weight excluding hydrogens is 414 g/mol. The molecule has 1 aliphatic heterocycles. The van der Waals surface area contributed by atoms with Crippen LogP contribution in [-0.4, -0.2) is 71.0 Å². The van der Waals surface area contributed by atoms with Crippen LogP contribution in [-0.2, 0) is 19.2 Å². The van der Waals surface area contributed by atoms with Crippen LogP contribution in [0.1, 0.15) is 66.2 Å². The highest BCUT2D eigenvalue weighted by Crippen LogP contribution is 2.20. The number of amides is 3. The molecule has 10 heteroatoms. The number of nitrogens with one attached hydrogen (secondary N) is 2. The first kappa shape index (κ1) is 27.8. The van der Waals surface area contributed by atoms with E-state index < -0.39 is 42.0 Å². The Morgan fingerprint density at radius 1 is 1.09 bits per heavy atom. The molecule has 1 aliphatic rings. The van der Waals surface area contributed by atoms with Gasteiger partial charge in [-0.1, -0.05) is 34.1 Å². The van der Waals surface area contributed by atoms with Gasteiger partial charge in [-0.2, -0.15) is 0 Å². The monoisotopic (exact) mass is 455 g/mol. The minimum absolute atomic E-state index is 0.0886. The van der Waals surface area contributed by atoms with Crippen molar-refractivity contribution in [3.8, 4) is 0 Å². The van der Waals surface area contributed by atoms with Crippen molar-refractivity contribution in [1.29, 1.82) is 0 Å². The Kier molecular flexibility index (Phi) is 11.6. The summed E-state index contributed by atoms with van der Waals surface area (Å²) in [6.07, 6.45) is 3.55. The number of hydrogen-bond donors (Lipinski definition) is 5. The smallest absolute Gasteiger partial charge is 0.326 e. The topological polar surface area (TPSA) is 168 Å². The first-order chi connectivity index (χ1) is 15.0. The second-order valence-electron chi connectivity index (χ2n) is 9.34. The molecular formula is C22H41N5O5. The highest BCUT2D eigenvalue weighted by atomic mass is 16.4. The number of carbonyl (C=O) groups is 4. The molecule has 4 atom stereocenters. The molecule has 0 aromatic carbocycles. The standard InChI is InChI=1S/C22H41N5O5/c1-13(2)12-16(19(28)26-18(14(3)4)22(31)32)25-20(29)17-9-7-11-27(17)21(30)15(24)8-5-6-10-23/h13-18H,5-12,23-24H2,1-4H3,(H,25,29)(H,26,28)(H,31,32). The van der Waals surface area contributed by atoms with Crippen LogP contribution in [0.2, 0.25) is 0 Å². The van der Waals surface area contributed by atoms with Gasteiger partial charge in [0.1, 0.15) is 18.1 Å². The number of aliphatic carboxylic acids is 1. The van der Waals surface area contributed by atoms with E-state index in [2.05, 4.69) is 10.6 Å². The Bertz CT molecular complexity index is 655. The van der Waals surface area contributed by atoms with E-state index in [9.17, 15) is 24.3 Å². The second kappa shape index (κ2) is 13.4. The summed E-state index contributed by atoms with van der Waals surface area (Å²) in [4.78, 5) is 51.6. The summed E-state index contributed by atoms with van der Waals surface area (Å²) in [5.74, 6) is -2.57. The van der Waals surface area contributed by atoms with E-state index in [1.54, 1.807) is 13.8 Å². The third-order valence-electron chi connectivity index (χ3n) is 5.70. The lowest BCUT2D eigenvalue weighted by Crippen LogP contribution is -2.57. The lowest BCUT2D eigenvalue weighted by Gasteiger charge is -2.29. The average Bonchev–Trinajstić information content (AvgIpc) is 3.19. The highest BCUT2D eigenvalue weighted by molar-refractivity contribution is 5.94. The van der Waals surface area contributed by atoms with Gasteiger partial charge in [-0.05, 0) is 50.5 Å². The van der Waals surface area contributed by atoms with Crippen molar-refractivity contribution in [3.63, 3.8) is 0 Å². The van der Waals surface area contributed by atoms with Crippen molar-refractivity contribution in [3.05, 3.63) is 0 Å². The molecule has 3 amide bonds. The van der Waals surface area contributed by atoms with Crippen LogP contribution in [0.15, 0.2) is 0 Å². The third kappa shape index (κ3) is 8.38. The summed E-state index contributed by atoms with van der Waals surface area (Å²) in [5.41, 5.74) is 11.5. The van der Waals surface area contributed by atoms with Gasteiger partial charge in [-0.15, -0.1) is 0 Å². The van der Waals surface area contributed by atoms with Crippen LogP contribution in [0.4, 0.5) is 0 Å². The molecule has 10 nitrogen and oxygen atoms in total. The summed E-state index contributed by atoms with van der Waals surface area (Å²) in [6, 6.07) is -3.32. The average molecular weight is 456 g/mol. The molecule has 0 radical (unpaired) electrons. The second-order valence-corrected chi connectivity index (χ2v) is 9.34. The van der Waals surface area contributed by atoms with E-state index in [1.165, 1.54) is 4.90 Å². The van der Waals surface area contributed by atoms with Gasteiger partial charge in [-0.25, -0.2) is 4.79 Å². The van der Waals surface area contributed by atoms with Gasteiger partial charge in [0.05, 0.1) is 6.04 Å². The normalized spacial score (nSPS) is 19.0. The molecule has 1 saturated heterocycles. The molecule has 7 N–H and O–H groups in total. The van der Waals surface area contributed by atoms with Gasteiger partial charge in [0.2, 0.25) is 17.7 Å². The minimum atomic E-state index is -1.13. The summed E-state index contributed by atoms with van der Waals surface area (Å²) in [5, 5.41) is 14.7. The van der Waals surface area contributed by atoms with Crippen LogP contribution in [0.25, 0.3) is 0 Å². The Morgan fingerprint density at radius 2 is 1.75 bits per heavy atom. The van der Waals surface area contributed by atoms with Gasteiger partial charge in [0.25, 0.3) is 0 Å². The Labute approximate surface area is 190 Å². The van der Waals surface area contributed by atoms with Gasteiger partial charge in [0, 0.05) is 6.54 Å². The fraction of sp³-hybridized carbons (Fsp3) is 0.818. The van der Waals surface area contributed by atoms with Crippen molar-refractivity contribution in [2.45, 2.75) is 90.4 Å². The van der Waals surface area contributed by atoms with E-state index >= 15 is 0 Å². The summed E-state index contributed by atoms with van der Waals surface area (Å²) < 4.78 is 0. The quantitative estimate of drug-likeness (QED) is 0.247. The van der Waals surface area contributed by atoms with E-state index in [1.807, 2.05) is 13.8 Å². The van der Waals surface area contributed by atoms with Crippen molar-refractivity contribution in [2.24, 2.45) is 23.3 Å². The van der Waals surface area contributed by atoms with E-state index in [0.29, 0.717) is 38.8 Å². The van der Waals surface area contributed by atoms with Gasteiger partial charge in [-0.3, -0.25) is 14.4 Å².